The van der Waals surface area contributed by atoms with E-state index in [0.29, 0.717) is 21.7 Å². The summed E-state index contributed by atoms with van der Waals surface area (Å²) < 4.78 is 5.44. The average Bonchev–Trinajstić information content (AvgIpc) is 2.22. The molecule has 0 heterocycles. The molecule has 0 aliphatic heterocycles. The van der Waals surface area contributed by atoms with Crippen LogP contribution in [0.5, 0.6) is 0 Å². The molecule has 3 nitrogen and oxygen atoms in total. The minimum absolute atomic E-state index is 0.0537. The van der Waals surface area contributed by atoms with E-state index in [9.17, 15) is 9.90 Å². The van der Waals surface area contributed by atoms with Gasteiger partial charge in [0.1, 0.15) is 0 Å². The molecule has 5 heteroatoms. The Hall–Kier alpha value is -0.580. The van der Waals surface area contributed by atoms with Gasteiger partial charge in [-0.05, 0) is 40.5 Å². The molecular formula is C11H12BrClO3. The Morgan fingerprint density at radius 1 is 1.62 bits per heavy atom. The molecule has 0 radical (unpaired) electrons. The molecule has 1 rings (SSSR count). The van der Waals surface area contributed by atoms with Gasteiger partial charge in [0.15, 0.2) is 0 Å². The lowest BCUT2D eigenvalue weighted by atomic mass is 10.1. The second-order valence-corrected chi connectivity index (χ2v) is 4.46. The van der Waals surface area contributed by atoms with E-state index in [4.69, 9.17) is 16.3 Å². The molecule has 0 bridgehead atoms. The summed E-state index contributed by atoms with van der Waals surface area (Å²) in [5, 5.41) is 10.3. The standard InChI is InChI=1S/C11H12BrClO3/c1-2-16-11(15)6-10(14)7-3-4-9(13)8(12)5-7/h3-5,10,14H,2,6H2,1H3. The van der Waals surface area contributed by atoms with Gasteiger partial charge in [-0.2, -0.15) is 0 Å². The van der Waals surface area contributed by atoms with Crippen LogP contribution in [-0.2, 0) is 9.53 Å². The lowest BCUT2D eigenvalue weighted by molar-refractivity contribution is -0.145. The largest absolute Gasteiger partial charge is 0.466 e. The maximum atomic E-state index is 11.2. The number of carbonyl (C=O) groups excluding carboxylic acids is 1. The highest BCUT2D eigenvalue weighted by molar-refractivity contribution is 9.10. The van der Waals surface area contributed by atoms with Crippen molar-refractivity contribution in [2.24, 2.45) is 0 Å². The van der Waals surface area contributed by atoms with Gasteiger partial charge in [0.05, 0.1) is 24.2 Å². The Bertz CT molecular complexity index is 381. The van der Waals surface area contributed by atoms with E-state index in [0.717, 1.165) is 0 Å². The first-order valence-corrected chi connectivity index (χ1v) is 6.00. The van der Waals surface area contributed by atoms with Crippen molar-refractivity contribution in [3.63, 3.8) is 0 Å². The fraction of sp³-hybridized carbons (Fsp3) is 0.364. The predicted octanol–water partition coefficient (Wildman–Crippen LogP) is 3.09. The molecule has 0 spiro atoms. The Kier molecular flexibility index (Phi) is 5.25. The second-order valence-electron chi connectivity index (χ2n) is 3.20. The van der Waals surface area contributed by atoms with Crippen molar-refractivity contribution in [2.45, 2.75) is 19.4 Å². The van der Waals surface area contributed by atoms with Crippen molar-refractivity contribution >= 4 is 33.5 Å². The number of aliphatic hydroxyl groups excluding tert-OH is 1. The average molecular weight is 308 g/mol. The number of hydrogen-bond donors (Lipinski definition) is 1. The zero-order valence-electron chi connectivity index (χ0n) is 8.74. The summed E-state index contributed by atoms with van der Waals surface area (Å²) in [6.07, 6.45) is -0.922. The minimum atomic E-state index is -0.868. The normalized spacial score (nSPS) is 12.2. The molecule has 0 aliphatic rings. The van der Waals surface area contributed by atoms with Gasteiger partial charge in [0.25, 0.3) is 0 Å². The predicted molar refractivity (Wildman–Crippen MR) is 65.4 cm³/mol. The molecule has 1 N–H and O–H groups in total. The van der Waals surface area contributed by atoms with Crippen LogP contribution in [0.15, 0.2) is 22.7 Å². The fourth-order valence-corrected chi connectivity index (χ4v) is 1.73. The third-order valence-corrected chi connectivity index (χ3v) is 3.21. The first-order chi connectivity index (χ1) is 7.54. The molecule has 0 amide bonds. The molecule has 1 atom stereocenters. The topological polar surface area (TPSA) is 46.5 Å². The van der Waals surface area contributed by atoms with Crippen LogP contribution >= 0.6 is 27.5 Å². The summed E-state index contributed by atoms with van der Waals surface area (Å²) in [6.45, 7) is 2.04. The van der Waals surface area contributed by atoms with Gasteiger partial charge in [0, 0.05) is 4.47 Å². The van der Waals surface area contributed by atoms with E-state index in [1.165, 1.54) is 0 Å². The molecule has 1 unspecified atom stereocenters. The van der Waals surface area contributed by atoms with Gasteiger partial charge < -0.3 is 9.84 Å². The molecule has 0 fully saturated rings. The first-order valence-electron chi connectivity index (χ1n) is 4.83. The quantitative estimate of drug-likeness (QED) is 0.870. The highest BCUT2D eigenvalue weighted by Gasteiger charge is 2.14. The van der Waals surface area contributed by atoms with Crippen molar-refractivity contribution < 1.29 is 14.6 Å². The maximum Gasteiger partial charge on any atom is 0.308 e. The fourth-order valence-electron chi connectivity index (χ4n) is 1.22. The molecule has 0 saturated heterocycles. The van der Waals surface area contributed by atoms with Gasteiger partial charge in [-0.1, -0.05) is 17.7 Å². The molecule has 16 heavy (non-hydrogen) atoms. The molecular weight excluding hydrogens is 295 g/mol. The number of carbonyl (C=O) groups is 1. The van der Waals surface area contributed by atoms with Crippen LogP contribution in [0.1, 0.15) is 25.0 Å². The van der Waals surface area contributed by atoms with E-state index in [-0.39, 0.29) is 6.42 Å². The summed E-state index contributed by atoms with van der Waals surface area (Å²) in [5.74, 6) is -0.416. The third kappa shape index (κ3) is 3.77. The number of hydrogen-bond acceptors (Lipinski definition) is 3. The summed E-state index contributed by atoms with van der Waals surface area (Å²) in [6, 6.07) is 5.03. The molecule has 0 aromatic heterocycles. The lowest BCUT2D eigenvalue weighted by Crippen LogP contribution is -2.10. The van der Waals surface area contributed by atoms with Crippen molar-refractivity contribution in [1.82, 2.24) is 0 Å². The summed E-state index contributed by atoms with van der Waals surface area (Å²) in [4.78, 5) is 11.2. The van der Waals surface area contributed by atoms with E-state index in [1.54, 1.807) is 25.1 Å². The zero-order chi connectivity index (χ0) is 12.1. The summed E-state index contributed by atoms with van der Waals surface area (Å²) >= 11 is 9.07. The number of esters is 1. The van der Waals surface area contributed by atoms with Gasteiger partial charge >= 0.3 is 5.97 Å². The molecule has 88 valence electrons. The van der Waals surface area contributed by atoms with Crippen LogP contribution in [-0.4, -0.2) is 17.7 Å². The van der Waals surface area contributed by atoms with Crippen molar-refractivity contribution in [3.05, 3.63) is 33.3 Å². The van der Waals surface area contributed by atoms with E-state index in [2.05, 4.69) is 15.9 Å². The van der Waals surface area contributed by atoms with Crippen molar-refractivity contribution in [3.8, 4) is 0 Å². The zero-order valence-corrected chi connectivity index (χ0v) is 11.1. The number of benzene rings is 1. The van der Waals surface area contributed by atoms with Gasteiger partial charge in [-0.25, -0.2) is 0 Å². The first kappa shape index (κ1) is 13.5. The number of halogens is 2. The Labute approximate surface area is 107 Å². The molecule has 1 aromatic rings. The van der Waals surface area contributed by atoms with Crippen LogP contribution in [0.3, 0.4) is 0 Å². The van der Waals surface area contributed by atoms with Gasteiger partial charge in [-0.15, -0.1) is 0 Å². The van der Waals surface area contributed by atoms with E-state index < -0.39 is 12.1 Å². The maximum absolute atomic E-state index is 11.2. The minimum Gasteiger partial charge on any atom is -0.466 e. The van der Waals surface area contributed by atoms with Crippen molar-refractivity contribution in [1.29, 1.82) is 0 Å². The van der Waals surface area contributed by atoms with E-state index in [1.807, 2.05) is 0 Å². The monoisotopic (exact) mass is 306 g/mol. The SMILES string of the molecule is CCOC(=O)CC(O)c1ccc(Cl)c(Br)c1. The van der Waals surface area contributed by atoms with Crippen molar-refractivity contribution in [2.75, 3.05) is 6.61 Å². The van der Waals surface area contributed by atoms with Crippen LogP contribution in [0.4, 0.5) is 0 Å². The highest BCUT2D eigenvalue weighted by atomic mass is 79.9. The number of rotatable bonds is 4. The molecule has 0 saturated carbocycles. The molecule has 0 aliphatic carbocycles. The smallest absolute Gasteiger partial charge is 0.308 e. The highest BCUT2D eigenvalue weighted by Crippen LogP contribution is 2.27. The van der Waals surface area contributed by atoms with Gasteiger partial charge in [-0.3, -0.25) is 4.79 Å². The lowest BCUT2D eigenvalue weighted by Gasteiger charge is -2.11. The number of ether oxygens (including phenoxy) is 1. The van der Waals surface area contributed by atoms with Gasteiger partial charge in [0.2, 0.25) is 0 Å². The number of aliphatic hydroxyl groups is 1. The molecule has 1 aromatic carbocycles. The Morgan fingerprint density at radius 3 is 2.88 bits per heavy atom. The third-order valence-electron chi connectivity index (χ3n) is 1.99. The Balaban J connectivity index is 2.69. The summed E-state index contributed by atoms with van der Waals surface area (Å²) in [5.41, 5.74) is 0.629. The van der Waals surface area contributed by atoms with E-state index >= 15 is 0 Å². The van der Waals surface area contributed by atoms with Crippen LogP contribution in [0.25, 0.3) is 0 Å². The van der Waals surface area contributed by atoms with Crippen LogP contribution < -0.4 is 0 Å². The Morgan fingerprint density at radius 2 is 2.31 bits per heavy atom. The second kappa shape index (κ2) is 6.23. The van der Waals surface area contributed by atoms with Crippen LogP contribution in [0.2, 0.25) is 5.02 Å². The summed E-state index contributed by atoms with van der Waals surface area (Å²) in [7, 11) is 0. The van der Waals surface area contributed by atoms with Crippen LogP contribution in [0, 0.1) is 0 Å².